The third-order valence-corrected chi connectivity index (χ3v) is 3.01. The molecule has 0 fully saturated rings. The van der Waals surface area contributed by atoms with E-state index >= 15 is 0 Å². The monoisotopic (exact) mass is 235 g/mol. The molecule has 0 aromatic heterocycles. The SMILES string of the molecule is CC=CC(=O)N(C)Cc1ccc(SC)cc1. The van der Waals surface area contributed by atoms with Crippen LogP contribution >= 0.6 is 11.8 Å². The lowest BCUT2D eigenvalue weighted by Gasteiger charge is -2.15. The Morgan fingerprint density at radius 3 is 2.50 bits per heavy atom. The number of nitrogens with zero attached hydrogens (tertiary/aromatic N) is 1. The standard InChI is InChI=1S/C13H17NOS/c1-4-5-13(15)14(2)10-11-6-8-12(16-3)9-7-11/h4-9H,10H2,1-3H3. The number of thioether (sulfide) groups is 1. The molecular formula is C13H17NOS. The number of hydrogen-bond donors (Lipinski definition) is 0. The number of amides is 1. The zero-order valence-electron chi connectivity index (χ0n) is 9.93. The van der Waals surface area contributed by atoms with E-state index in [-0.39, 0.29) is 5.91 Å². The van der Waals surface area contributed by atoms with Crippen LogP contribution in [0.5, 0.6) is 0 Å². The van der Waals surface area contributed by atoms with Crippen LogP contribution in [0.15, 0.2) is 41.3 Å². The first kappa shape index (κ1) is 12.8. The van der Waals surface area contributed by atoms with Gasteiger partial charge >= 0.3 is 0 Å². The largest absolute Gasteiger partial charge is 0.338 e. The molecule has 16 heavy (non-hydrogen) atoms. The zero-order chi connectivity index (χ0) is 12.0. The summed E-state index contributed by atoms with van der Waals surface area (Å²) >= 11 is 1.72. The van der Waals surface area contributed by atoms with Gasteiger partial charge in [0.05, 0.1) is 0 Å². The number of carbonyl (C=O) groups excluding carboxylic acids is 1. The molecule has 0 aliphatic rings. The lowest BCUT2D eigenvalue weighted by molar-refractivity contribution is -0.125. The third-order valence-electron chi connectivity index (χ3n) is 2.26. The van der Waals surface area contributed by atoms with E-state index in [1.54, 1.807) is 28.8 Å². The summed E-state index contributed by atoms with van der Waals surface area (Å²) in [6, 6.07) is 8.28. The molecule has 0 saturated heterocycles. The molecule has 0 bridgehead atoms. The van der Waals surface area contributed by atoms with Crippen molar-refractivity contribution in [2.75, 3.05) is 13.3 Å². The Morgan fingerprint density at radius 2 is 2.00 bits per heavy atom. The van der Waals surface area contributed by atoms with Gasteiger partial charge < -0.3 is 4.90 Å². The van der Waals surface area contributed by atoms with Crippen molar-refractivity contribution in [3.8, 4) is 0 Å². The van der Waals surface area contributed by atoms with Gasteiger partial charge in [-0.15, -0.1) is 11.8 Å². The van der Waals surface area contributed by atoms with E-state index in [4.69, 9.17) is 0 Å². The van der Waals surface area contributed by atoms with Gasteiger partial charge in [0.2, 0.25) is 5.91 Å². The first-order chi connectivity index (χ1) is 7.67. The van der Waals surface area contributed by atoms with Gasteiger partial charge in [0.15, 0.2) is 0 Å². The maximum atomic E-state index is 11.5. The van der Waals surface area contributed by atoms with E-state index in [1.165, 1.54) is 4.90 Å². The van der Waals surface area contributed by atoms with Crippen molar-refractivity contribution in [1.29, 1.82) is 0 Å². The van der Waals surface area contributed by atoms with Crippen molar-refractivity contribution in [1.82, 2.24) is 4.90 Å². The summed E-state index contributed by atoms with van der Waals surface area (Å²) in [5.74, 6) is 0.0384. The Labute approximate surface area is 101 Å². The molecule has 0 unspecified atom stereocenters. The summed E-state index contributed by atoms with van der Waals surface area (Å²) in [7, 11) is 1.81. The number of hydrogen-bond acceptors (Lipinski definition) is 2. The van der Waals surface area contributed by atoms with Crippen LogP contribution in [-0.4, -0.2) is 24.1 Å². The molecule has 1 rings (SSSR count). The number of rotatable bonds is 4. The van der Waals surface area contributed by atoms with Crippen molar-refractivity contribution in [2.45, 2.75) is 18.4 Å². The van der Waals surface area contributed by atoms with Gasteiger partial charge in [-0.25, -0.2) is 0 Å². The van der Waals surface area contributed by atoms with Crippen LogP contribution in [0.1, 0.15) is 12.5 Å². The van der Waals surface area contributed by atoms with Crippen molar-refractivity contribution >= 4 is 17.7 Å². The molecule has 0 saturated carbocycles. The van der Waals surface area contributed by atoms with Crippen LogP contribution in [-0.2, 0) is 11.3 Å². The highest BCUT2D eigenvalue weighted by atomic mass is 32.2. The summed E-state index contributed by atoms with van der Waals surface area (Å²) in [5, 5.41) is 0. The molecule has 2 nitrogen and oxygen atoms in total. The van der Waals surface area contributed by atoms with Crippen molar-refractivity contribution in [3.63, 3.8) is 0 Å². The normalized spacial score (nSPS) is 10.7. The first-order valence-corrected chi connectivity index (χ1v) is 6.40. The molecule has 3 heteroatoms. The van der Waals surface area contributed by atoms with Crippen molar-refractivity contribution in [2.24, 2.45) is 0 Å². The molecular weight excluding hydrogens is 218 g/mol. The fourth-order valence-electron chi connectivity index (χ4n) is 1.35. The van der Waals surface area contributed by atoms with Crippen LogP contribution < -0.4 is 0 Å². The van der Waals surface area contributed by atoms with Crippen molar-refractivity contribution in [3.05, 3.63) is 42.0 Å². The minimum atomic E-state index is 0.0384. The van der Waals surface area contributed by atoms with E-state index in [2.05, 4.69) is 30.5 Å². The Kier molecular flexibility index (Phi) is 5.12. The number of allylic oxidation sites excluding steroid dienone is 1. The Bertz CT molecular complexity index is 370. The number of benzene rings is 1. The molecule has 0 radical (unpaired) electrons. The van der Waals surface area contributed by atoms with E-state index in [1.807, 2.05) is 14.0 Å². The Hall–Kier alpha value is -1.22. The summed E-state index contributed by atoms with van der Waals surface area (Å²) in [6.07, 6.45) is 5.39. The van der Waals surface area contributed by atoms with E-state index in [9.17, 15) is 4.79 Å². The molecule has 0 N–H and O–H groups in total. The summed E-state index contributed by atoms with van der Waals surface area (Å²) in [6.45, 7) is 2.50. The van der Waals surface area contributed by atoms with Crippen LogP contribution in [0, 0.1) is 0 Å². The molecule has 1 aromatic carbocycles. The van der Waals surface area contributed by atoms with Gasteiger partial charge in [-0.2, -0.15) is 0 Å². The van der Waals surface area contributed by atoms with Crippen LogP contribution in [0.25, 0.3) is 0 Å². The van der Waals surface area contributed by atoms with Gasteiger partial charge in [-0.1, -0.05) is 18.2 Å². The van der Waals surface area contributed by atoms with E-state index < -0.39 is 0 Å². The number of carbonyl (C=O) groups is 1. The van der Waals surface area contributed by atoms with E-state index in [0.29, 0.717) is 6.54 Å². The van der Waals surface area contributed by atoms with E-state index in [0.717, 1.165) is 5.56 Å². The van der Waals surface area contributed by atoms with Crippen LogP contribution in [0.3, 0.4) is 0 Å². The summed E-state index contributed by atoms with van der Waals surface area (Å²) < 4.78 is 0. The van der Waals surface area contributed by atoms with Gasteiger partial charge in [-0.05, 0) is 37.0 Å². The average Bonchev–Trinajstić information content (AvgIpc) is 2.30. The molecule has 0 spiro atoms. The van der Waals surface area contributed by atoms with Gasteiger partial charge in [0.25, 0.3) is 0 Å². The van der Waals surface area contributed by atoms with Crippen LogP contribution in [0.4, 0.5) is 0 Å². The second-order valence-electron chi connectivity index (χ2n) is 3.54. The Morgan fingerprint density at radius 1 is 1.38 bits per heavy atom. The number of likely N-dealkylation sites (N-methyl/N-ethyl adjacent to an activating group) is 1. The maximum absolute atomic E-state index is 11.5. The highest BCUT2D eigenvalue weighted by Crippen LogP contribution is 2.15. The molecule has 0 aliphatic heterocycles. The average molecular weight is 235 g/mol. The van der Waals surface area contributed by atoms with Gasteiger partial charge in [0, 0.05) is 18.5 Å². The predicted octanol–water partition coefficient (Wildman–Crippen LogP) is 2.94. The van der Waals surface area contributed by atoms with Gasteiger partial charge in [-0.3, -0.25) is 4.79 Å². The zero-order valence-corrected chi connectivity index (χ0v) is 10.8. The Balaban J connectivity index is 2.62. The predicted molar refractivity (Wildman–Crippen MR) is 69.5 cm³/mol. The minimum Gasteiger partial charge on any atom is -0.338 e. The smallest absolute Gasteiger partial charge is 0.246 e. The molecule has 0 atom stereocenters. The van der Waals surface area contributed by atoms with Crippen LogP contribution in [0.2, 0.25) is 0 Å². The fraction of sp³-hybridized carbons (Fsp3) is 0.308. The molecule has 86 valence electrons. The third kappa shape index (κ3) is 3.74. The second kappa shape index (κ2) is 6.38. The highest BCUT2D eigenvalue weighted by molar-refractivity contribution is 7.98. The second-order valence-corrected chi connectivity index (χ2v) is 4.42. The summed E-state index contributed by atoms with van der Waals surface area (Å²) in [4.78, 5) is 14.4. The first-order valence-electron chi connectivity index (χ1n) is 5.18. The summed E-state index contributed by atoms with van der Waals surface area (Å²) in [5.41, 5.74) is 1.15. The quantitative estimate of drug-likeness (QED) is 0.591. The molecule has 0 aliphatic carbocycles. The molecule has 1 amide bonds. The van der Waals surface area contributed by atoms with Crippen molar-refractivity contribution < 1.29 is 4.79 Å². The van der Waals surface area contributed by atoms with Gasteiger partial charge in [0.1, 0.15) is 0 Å². The minimum absolute atomic E-state index is 0.0384. The fourth-order valence-corrected chi connectivity index (χ4v) is 1.76. The topological polar surface area (TPSA) is 20.3 Å². The maximum Gasteiger partial charge on any atom is 0.246 e. The lowest BCUT2D eigenvalue weighted by atomic mass is 10.2. The lowest BCUT2D eigenvalue weighted by Crippen LogP contribution is -2.23. The molecule has 0 heterocycles. The molecule has 1 aromatic rings. The highest BCUT2D eigenvalue weighted by Gasteiger charge is 2.04.